The van der Waals surface area contributed by atoms with Gasteiger partial charge in [0.25, 0.3) is 0 Å². The molecule has 146 valence electrons. The van der Waals surface area contributed by atoms with Gasteiger partial charge in [-0.1, -0.05) is 105 Å². The van der Waals surface area contributed by atoms with Gasteiger partial charge in [-0.05, 0) is 64.5 Å². The molecule has 0 nitrogen and oxygen atoms in total. The minimum Gasteiger partial charge on any atom is -0.0833 e. The smallest absolute Gasteiger partial charge is 0.0676 e. The summed E-state index contributed by atoms with van der Waals surface area (Å²) in [5.41, 5.74) is 10.1. The van der Waals surface area contributed by atoms with E-state index in [0.29, 0.717) is 5.92 Å². The number of aryl methyl sites for hydroxylation is 1. The summed E-state index contributed by atoms with van der Waals surface area (Å²) in [5.74, 6) is 0.521. The van der Waals surface area contributed by atoms with Crippen molar-refractivity contribution in [3.05, 3.63) is 112 Å². The van der Waals surface area contributed by atoms with Gasteiger partial charge in [-0.2, -0.15) is 0 Å². The van der Waals surface area contributed by atoms with E-state index in [0.717, 1.165) is 12.8 Å². The molecule has 0 aromatic heterocycles. The van der Waals surface area contributed by atoms with Crippen molar-refractivity contribution in [3.63, 3.8) is 0 Å². The Morgan fingerprint density at radius 2 is 1.69 bits per heavy atom. The molecule has 5 rings (SSSR count). The van der Waals surface area contributed by atoms with Gasteiger partial charge in [0.15, 0.2) is 0 Å². The summed E-state index contributed by atoms with van der Waals surface area (Å²) in [6, 6.07) is 18.4. The molecule has 0 heteroatoms. The van der Waals surface area contributed by atoms with Crippen LogP contribution in [0.1, 0.15) is 55.9 Å². The molecule has 0 fully saturated rings. The van der Waals surface area contributed by atoms with Crippen LogP contribution >= 0.6 is 0 Å². The molecule has 3 aliphatic rings. The van der Waals surface area contributed by atoms with Gasteiger partial charge in [0, 0.05) is 0 Å². The molecule has 0 amide bonds. The lowest BCUT2D eigenvalue weighted by Gasteiger charge is -2.41. The highest BCUT2D eigenvalue weighted by Crippen LogP contribution is 2.59. The molecule has 2 aromatic rings. The van der Waals surface area contributed by atoms with Gasteiger partial charge in [-0.15, -0.1) is 0 Å². The fourth-order valence-electron chi connectivity index (χ4n) is 5.55. The van der Waals surface area contributed by atoms with Gasteiger partial charge in [-0.3, -0.25) is 0 Å². The van der Waals surface area contributed by atoms with Crippen LogP contribution in [0, 0.1) is 18.3 Å². The monoisotopic (exact) mass is 378 g/mol. The zero-order chi connectivity index (χ0) is 20.2. The molecule has 0 aliphatic heterocycles. The summed E-state index contributed by atoms with van der Waals surface area (Å²) < 4.78 is 0. The molecular formula is C29H30. The van der Waals surface area contributed by atoms with Gasteiger partial charge in [0.1, 0.15) is 0 Å². The third-order valence-corrected chi connectivity index (χ3v) is 7.06. The van der Waals surface area contributed by atoms with E-state index in [-0.39, 0.29) is 10.8 Å². The second-order valence-electron chi connectivity index (χ2n) is 9.71. The summed E-state index contributed by atoms with van der Waals surface area (Å²) in [6.07, 6.45) is 14.3. The van der Waals surface area contributed by atoms with E-state index >= 15 is 0 Å². The van der Waals surface area contributed by atoms with Crippen LogP contribution in [-0.2, 0) is 5.41 Å². The molecule has 3 aliphatic carbocycles. The Balaban J connectivity index is 1.87. The largest absolute Gasteiger partial charge is 0.0833 e. The zero-order valence-corrected chi connectivity index (χ0v) is 18.0. The van der Waals surface area contributed by atoms with Crippen LogP contribution in [0.2, 0.25) is 0 Å². The van der Waals surface area contributed by atoms with E-state index in [1.54, 1.807) is 5.57 Å². The second kappa shape index (κ2) is 6.46. The van der Waals surface area contributed by atoms with Crippen LogP contribution < -0.4 is 0 Å². The minimum absolute atomic E-state index is 0.184. The Kier molecular flexibility index (Phi) is 4.10. The van der Waals surface area contributed by atoms with E-state index in [9.17, 15) is 0 Å². The van der Waals surface area contributed by atoms with Gasteiger partial charge >= 0.3 is 0 Å². The summed E-state index contributed by atoms with van der Waals surface area (Å²) in [5, 5.41) is 0. The Morgan fingerprint density at radius 1 is 0.931 bits per heavy atom. The van der Waals surface area contributed by atoms with Crippen LogP contribution in [-0.4, -0.2) is 0 Å². The zero-order valence-electron chi connectivity index (χ0n) is 18.0. The van der Waals surface area contributed by atoms with Crippen LogP contribution in [0.3, 0.4) is 0 Å². The minimum atomic E-state index is -0.184. The highest BCUT2D eigenvalue weighted by Gasteiger charge is 2.50. The van der Waals surface area contributed by atoms with E-state index in [1.165, 1.54) is 33.4 Å². The van der Waals surface area contributed by atoms with Crippen LogP contribution in [0.25, 0.3) is 5.57 Å². The van der Waals surface area contributed by atoms with Gasteiger partial charge in [0.2, 0.25) is 0 Å². The van der Waals surface area contributed by atoms with Gasteiger partial charge in [0.05, 0.1) is 5.41 Å². The Bertz CT molecular complexity index is 1090. The maximum absolute atomic E-state index is 2.51. The normalized spacial score (nSPS) is 26.9. The van der Waals surface area contributed by atoms with E-state index in [4.69, 9.17) is 0 Å². The van der Waals surface area contributed by atoms with Crippen LogP contribution in [0.15, 0.2) is 90.1 Å². The standard InChI is InChI=1S/C29H30/c1-20-12-14-22(15-13-20)29(23-16-18-28(3,4)19-17-23)26-11-6-5-9-24(26)25-10-7-8-21(2)27(25)29/h5-7,9-18,21H,8,19H2,1-4H3. The third kappa shape index (κ3) is 2.65. The predicted octanol–water partition coefficient (Wildman–Crippen LogP) is 7.56. The lowest BCUT2D eigenvalue weighted by atomic mass is 9.61. The average Bonchev–Trinajstić information content (AvgIpc) is 3.01. The quantitative estimate of drug-likeness (QED) is 0.506. The van der Waals surface area contributed by atoms with E-state index < -0.39 is 0 Å². The van der Waals surface area contributed by atoms with Crippen molar-refractivity contribution < 1.29 is 0 Å². The van der Waals surface area contributed by atoms with Crippen molar-refractivity contribution in [2.24, 2.45) is 11.3 Å². The van der Waals surface area contributed by atoms with E-state index in [2.05, 4.69) is 107 Å². The van der Waals surface area contributed by atoms with Crippen molar-refractivity contribution in [2.75, 3.05) is 0 Å². The van der Waals surface area contributed by atoms with Crippen LogP contribution in [0.5, 0.6) is 0 Å². The van der Waals surface area contributed by atoms with Crippen molar-refractivity contribution in [1.29, 1.82) is 0 Å². The fraction of sp³-hybridized carbons (Fsp3) is 0.310. The summed E-state index contributed by atoms with van der Waals surface area (Å²) in [7, 11) is 0. The summed E-state index contributed by atoms with van der Waals surface area (Å²) in [4.78, 5) is 0. The highest BCUT2D eigenvalue weighted by molar-refractivity contribution is 5.91. The first-order valence-corrected chi connectivity index (χ1v) is 10.9. The average molecular weight is 379 g/mol. The molecule has 2 aromatic carbocycles. The maximum atomic E-state index is 2.51. The lowest BCUT2D eigenvalue weighted by Crippen LogP contribution is -2.34. The predicted molar refractivity (Wildman–Crippen MR) is 124 cm³/mol. The Morgan fingerprint density at radius 3 is 2.41 bits per heavy atom. The maximum Gasteiger partial charge on any atom is 0.0676 e. The van der Waals surface area contributed by atoms with Crippen molar-refractivity contribution in [2.45, 2.75) is 46.0 Å². The summed E-state index contributed by atoms with van der Waals surface area (Å²) in [6.45, 7) is 9.24. The molecule has 0 heterocycles. The second-order valence-corrected chi connectivity index (χ2v) is 9.71. The van der Waals surface area contributed by atoms with Crippen molar-refractivity contribution in [1.82, 2.24) is 0 Å². The number of benzene rings is 2. The van der Waals surface area contributed by atoms with Gasteiger partial charge in [-0.25, -0.2) is 0 Å². The molecule has 0 saturated carbocycles. The first kappa shape index (κ1) is 18.4. The molecule has 0 bridgehead atoms. The van der Waals surface area contributed by atoms with Gasteiger partial charge < -0.3 is 0 Å². The van der Waals surface area contributed by atoms with Crippen LogP contribution in [0.4, 0.5) is 0 Å². The molecule has 2 atom stereocenters. The number of hydrogen-bond donors (Lipinski definition) is 0. The number of rotatable bonds is 2. The van der Waals surface area contributed by atoms with Crippen molar-refractivity contribution in [3.8, 4) is 0 Å². The molecule has 0 saturated heterocycles. The number of hydrogen-bond acceptors (Lipinski definition) is 0. The number of fused-ring (bicyclic) bond motifs is 2. The Labute approximate surface area is 175 Å². The highest BCUT2D eigenvalue weighted by atomic mass is 14.5. The Hall–Kier alpha value is -2.60. The molecule has 0 N–H and O–H groups in total. The number of allylic oxidation sites excluding steroid dienone is 8. The topological polar surface area (TPSA) is 0 Å². The third-order valence-electron chi connectivity index (χ3n) is 7.06. The van der Waals surface area contributed by atoms with E-state index in [1.807, 2.05) is 0 Å². The first-order chi connectivity index (χ1) is 13.9. The fourth-order valence-corrected chi connectivity index (χ4v) is 5.55. The molecule has 0 spiro atoms. The lowest BCUT2D eigenvalue weighted by molar-refractivity contribution is 0.474. The van der Waals surface area contributed by atoms with Crippen molar-refractivity contribution >= 4 is 5.57 Å². The first-order valence-electron chi connectivity index (χ1n) is 10.9. The SMILES string of the molecule is Cc1ccc(C2(C3=CCC(C)(C)C=C3)C3=C(C=CCC3C)c3ccccc32)cc1. The molecular weight excluding hydrogens is 348 g/mol. The molecule has 2 unspecified atom stereocenters. The summed E-state index contributed by atoms with van der Waals surface area (Å²) >= 11 is 0. The molecule has 0 radical (unpaired) electrons. The molecule has 29 heavy (non-hydrogen) atoms.